The Morgan fingerprint density at radius 1 is 1.08 bits per heavy atom. The fourth-order valence-corrected chi connectivity index (χ4v) is 4.17. The van der Waals surface area contributed by atoms with E-state index in [9.17, 15) is 5.11 Å². The Hall–Kier alpha value is -1.21. The molecule has 2 aliphatic heterocycles. The van der Waals surface area contributed by atoms with Gasteiger partial charge in [0.2, 0.25) is 12.3 Å². The minimum Gasteiger partial charge on any atom is -0.478 e. The Bertz CT molecular complexity index is 541. The minimum absolute atomic E-state index is 0.534. The average Bonchev–Trinajstić information content (AvgIpc) is 2.69. The van der Waals surface area contributed by atoms with Crippen molar-refractivity contribution in [2.75, 3.05) is 39.4 Å². The first kappa shape index (κ1) is 19.5. The number of pyridine rings is 1. The van der Waals surface area contributed by atoms with Crippen molar-refractivity contribution in [3.63, 3.8) is 0 Å². The molecule has 0 aliphatic carbocycles. The highest BCUT2D eigenvalue weighted by atomic mass is 16.6. The van der Waals surface area contributed by atoms with Gasteiger partial charge < -0.3 is 19.5 Å². The van der Waals surface area contributed by atoms with Gasteiger partial charge in [0.15, 0.2) is 0 Å². The van der Waals surface area contributed by atoms with Gasteiger partial charge in [0.25, 0.3) is 0 Å². The number of aliphatic hydroxyl groups is 1. The smallest absolute Gasteiger partial charge is 0.216 e. The fourth-order valence-electron chi connectivity index (χ4n) is 4.17. The third kappa shape index (κ3) is 4.94. The van der Waals surface area contributed by atoms with E-state index in [1.807, 2.05) is 24.8 Å². The third-order valence-electron chi connectivity index (χ3n) is 5.63. The van der Waals surface area contributed by atoms with Crippen molar-refractivity contribution in [2.24, 2.45) is 0 Å². The maximum Gasteiger partial charge on any atom is 0.216 e. The number of piperidine rings is 2. The predicted molar refractivity (Wildman–Crippen MR) is 101 cm³/mol. The van der Waals surface area contributed by atoms with E-state index in [-0.39, 0.29) is 0 Å². The molecule has 2 aliphatic rings. The van der Waals surface area contributed by atoms with Crippen LogP contribution in [0.4, 0.5) is 0 Å². The van der Waals surface area contributed by atoms with Gasteiger partial charge in [-0.15, -0.1) is 0 Å². The summed E-state index contributed by atoms with van der Waals surface area (Å²) in [6, 6.07) is 6.76. The highest BCUT2D eigenvalue weighted by molar-refractivity contribution is 5.19. The summed E-state index contributed by atoms with van der Waals surface area (Å²) in [6.07, 6.45) is 3.78. The molecule has 26 heavy (non-hydrogen) atoms. The summed E-state index contributed by atoms with van der Waals surface area (Å²) in [5, 5.41) is 9.96. The first-order valence-electron chi connectivity index (χ1n) is 10.1. The Kier molecular flexibility index (Phi) is 7.25. The van der Waals surface area contributed by atoms with E-state index in [0.29, 0.717) is 25.2 Å². The minimum atomic E-state index is -0.740. The van der Waals surface area contributed by atoms with Crippen LogP contribution in [0, 0.1) is 0 Å². The molecule has 2 fully saturated rings. The summed E-state index contributed by atoms with van der Waals surface area (Å²) in [4.78, 5) is 9.35. The molecule has 0 saturated carbocycles. The van der Waals surface area contributed by atoms with Crippen molar-refractivity contribution in [1.29, 1.82) is 0 Å². The Morgan fingerprint density at radius 3 is 2.46 bits per heavy atom. The van der Waals surface area contributed by atoms with Crippen LogP contribution < -0.4 is 4.74 Å². The molecule has 3 heterocycles. The Labute approximate surface area is 157 Å². The van der Waals surface area contributed by atoms with Crippen molar-refractivity contribution < 1.29 is 14.6 Å². The number of likely N-dealkylation sites (tertiary alicyclic amines) is 2. The lowest BCUT2D eigenvalue weighted by Crippen LogP contribution is -2.50. The van der Waals surface area contributed by atoms with Crippen molar-refractivity contribution in [2.45, 2.75) is 57.9 Å². The maximum absolute atomic E-state index is 9.96. The predicted octanol–water partition coefficient (Wildman–Crippen LogP) is 2.44. The van der Waals surface area contributed by atoms with Crippen LogP contribution in [0.1, 0.15) is 51.1 Å². The molecule has 1 aromatic rings. The van der Waals surface area contributed by atoms with Crippen molar-refractivity contribution >= 4 is 0 Å². The molecule has 0 spiro atoms. The fraction of sp³-hybridized carbons (Fsp3) is 0.750. The van der Waals surface area contributed by atoms with Gasteiger partial charge in [-0.05, 0) is 58.7 Å². The standard InChI is InChI=1S/C20H33N3O3/c1-3-25-19-7-5-6-18(21-19)16-8-12-22(13-9-16)17-10-14-23(15-11-17)20(24)26-4-2/h5-7,16-17,20,24H,3-4,8-15H2,1-2H3. The van der Waals surface area contributed by atoms with Crippen LogP contribution in [-0.2, 0) is 4.74 Å². The van der Waals surface area contributed by atoms with E-state index in [0.717, 1.165) is 57.7 Å². The summed E-state index contributed by atoms with van der Waals surface area (Å²) >= 11 is 0. The van der Waals surface area contributed by atoms with Crippen molar-refractivity contribution in [1.82, 2.24) is 14.8 Å². The van der Waals surface area contributed by atoms with Gasteiger partial charge in [-0.1, -0.05) is 6.07 Å². The zero-order chi connectivity index (χ0) is 18.4. The molecular weight excluding hydrogens is 330 g/mol. The molecule has 1 N–H and O–H groups in total. The number of ether oxygens (including phenoxy) is 2. The molecule has 1 atom stereocenters. The number of hydrogen-bond donors (Lipinski definition) is 1. The van der Waals surface area contributed by atoms with Crippen molar-refractivity contribution in [3.05, 3.63) is 23.9 Å². The SMILES string of the molecule is CCOc1cccc(C2CCN(C3CCN(C(O)OCC)CC3)CC2)n1. The number of aliphatic hydroxyl groups excluding tert-OH is 1. The molecule has 1 aromatic heterocycles. The summed E-state index contributed by atoms with van der Waals surface area (Å²) < 4.78 is 10.8. The van der Waals surface area contributed by atoms with E-state index in [2.05, 4.69) is 22.0 Å². The molecule has 0 aromatic carbocycles. The molecule has 146 valence electrons. The van der Waals surface area contributed by atoms with Crippen LogP contribution in [0.25, 0.3) is 0 Å². The second kappa shape index (κ2) is 9.65. The van der Waals surface area contributed by atoms with Crippen LogP contribution in [0.15, 0.2) is 18.2 Å². The number of nitrogens with zero attached hydrogens (tertiary/aromatic N) is 3. The zero-order valence-corrected chi connectivity index (χ0v) is 16.1. The largest absolute Gasteiger partial charge is 0.478 e. The molecule has 1 unspecified atom stereocenters. The van der Waals surface area contributed by atoms with Crippen LogP contribution in [0.2, 0.25) is 0 Å². The molecule has 0 bridgehead atoms. The number of hydrogen-bond acceptors (Lipinski definition) is 6. The van der Waals surface area contributed by atoms with Crippen LogP contribution in [0.3, 0.4) is 0 Å². The van der Waals surface area contributed by atoms with E-state index in [4.69, 9.17) is 9.47 Å². The van der Waals surface area contributed by atoms with Gasteiger partial charge >= 0.3 is 0 Å². The summed E-state index contributed by atoms with van der Waals surface area (Å²) in [5.41, 5.74) is 1.17. The molecule has 6 heteroatoms. The van der Waals surface area contributed by atoms with Crippen LogP contribution >= 0.6 is 0 Å². The van der Waals surface area contributed by atoms with Gasteiger partial charge in [-0.25, -0.2) is 4.98 Å². The monoisotopic (exact) mass is 363 g/mol. The molecule has 0 radical (unpaired) electrons. The Balaban J connectivity index is 1.46. The molecular formula is C20H33N3O3. The van der Waals surface area contributed by atoms with E-state index >= 15 is 0 Å². The second-order valence-electron chi connectivity index (χ2n) is 7.19. The lowest BCUT2D eigenvalue weighted by molar-refractivity contribution is -0.197. The highest BCUT2D eigenvalue weighted by Crippen LogP contribution is 2.30. The summed E-state index contributed by atoms with van der Waals surface area (Å²) in [5.74, 6) is 1.28. The third-order valence-corrected chi connectivity index (χ3v) is 5.63. The first-order chi connectivity index (χ1) is 12.7. The van der Waals surface area contributed by atoms with Gasteiger partial charge in [0.05, 0.1) is 6.61 Å². The summed E-state index contributed by atoms with van der Waals surface area (Å²) in [6.45, 7) is 9.19. The van der Waals surface area contributed by atoms with Crippen LogP contribution in [0.5, 0.6) is 5.88 Å². The molecule has 6 nitrogen and oxygen atoms in total. The topological polar surface area (TPSA) is 58.1 Å². The zero-order valence-electron chi connectivity index (χ0n) is 16.1. The van der Waals surface area contributed by atoms with E-state index in [1.54, 1.807) is 0 Å². The van der Waals surface area contributed by atoms with Gasteiger partial charge in [0, 0.05) is 43.4 Å². The van der Waals surface area contributed by atoms with Crippen LogP contribution in [-0.4, -0.2) is 71.7 Å². The lowest BCUT2D eigenvalue weighted by Gasteiger charge is -2.42. The van der Waals surface area contributed by atoms with Gasteiger partial charge in [0.1, 0.15) is 0 Å². The second-order valence-corrected chi connectivity index (χ2v) is 7.19. The summed E-state index contributed by atoms with van der Waals surface area (Å²) in [7, 11) is 0. The normalized spacial score (nSPS) is 22.4. The van der Waals surface area contributed by atoms with Gasteiger partial charge in [-0.2, -0.15) is 0 Å². The molecule has 2 saturated heterocycles. The lowest BCUT2D eigenvalue weighted by atomic mass is 9.91. The average molecular weight is 364 g/mol. The quantitative estimate of drug-likeness (QED) is 0.751. The molecule has 0 amide bonds. The Morgan fingerprint density at radius 2 is 1.81 bits per heavy atom. The van der Waals surface area contributed by atoms with Crippen molar-refractivity contribution in [3.8, 4) is 5.88 Å². The van der Waals surface area contributed by atoms with Gasteiger partial charge in [-0.3, -0.25) is 4.90 Å². The van der Waals surface area contributed by atoms with E-state index in [1.165, 1.54) is 5.69 Å². The number of rotatable bonds is 7. The number of aromatic nitrogens is 1. The highest BCUT2D eigenvalue weighted by Gasteiger charge is 2.30. The first-order valence-corrected chi connectivity index (χ1v) is 10.1. The van der Waals surface area contributed by atoms with E-state index < -0.39 is 6.41 Å². The molecule has 3 rings (SSSR count). The maximum atomic E-state index is 9.96.